The maximum atomic E-state index is 13.7. The lowest BCUT2D eigenvalue weighted by molar-refractivity contribution is -0.131. The highest BCUT2D eigenvalue weighted by molar-refractivity contribution is 5.77. The quantitative estimate of drug-likeness (QED) is 0.804. The molecule has 0 aromatic heterocycles. The number of rotatable bonds is 5. The van der Waals surface area contributed by atoms with Crippen LogP contribution in [0.4, 0.5) is 4.39 Å². The van der Waals surface area contributed by atoms with Gasteiger partial charge < -0.3 is 9.80 Å². The number of benzene rings is 1. The van der Waals surface area contributed by atoms with E-state index >= 15 is 0 Å². The van der Waals surface area contributed by atoms with E-state index in [1.165, 1.54) is 12.1 Å². The summed E-state index contributed by atoms with van der Waals surface area (Å²) in [6, 6.07) is 6.39. The first kappa shape index (κ1) is 18.9. The largest absolute Gasteiger partial charge is 0.342 e. The molecule has 0 unspecified atom stereocenters. The Balaban J connectivity index is 1.72. The second-order valence-electron chi connectivity index (χ2n) is 8.18. The van der Waals surface area contributed by atoms with Crippen LogP contribution in [0.5, 0.6) is 0 Å². The first-order chi connectivity index (χ1) is 12.4. The van der Waals surface area contributed by atoms with Crippen molar-refractivity contribution in [1.82, 2.24) is 9.80 Å². The monoisotopic (exact) mass is 360 g/mol. The van der Waals surface area contributed by atoms with Crippen LogP contribution in [0, 0.1) is 23.6 Å². The molecule has 142 valence electrons. The SMILES string of the molecule is CC(=O)N1C[C@H]2CN(C(=O)CCCC(C)C)C[C@H]2[C@@H]1c1cccc(F)c1. The Hall–Kier alpha value is -1.91. The second-order valence-corrected chi connectivity index (χ2v) is 8.18. The Morgan fingerprint density at radius 3 is 2.65 bits per heavy atom. The van der Waals surface area contributed by atoms with Gasteiger partial charge >= 0.3 is 0 Å². The summed E-state index contributed by atoms with van der Waals surface area (Å²) < 4.78 is 13.7. The average molecular weight is 360 g/mol. The molecule has 3 rings (SSSR count). The lowest BCUT2D eigenvalue weighted by Crippen LogP contribution is -2.36. The molecule has 0 aliphatic carbocycles. The van der Waals surface area contributed by atoms with E-state index in [4.69, 9.17) is 0 Å². The number of carbonyl (C=O) groups excluding carboxylic acids is 2. The molecule has 2 heterocycles. The van der Waals surface area contributed by atoms with Crippen molar-refractivity contribution in [3.8, 4) is 0 Å². The van der Waals surface area contributed by atoms with Gasteiger partial charge in [0.15, 0.2) is 0 Å². The van der Waals surface area contributed by atoms with Crippen molar-refractivity contribution in [3.63, 3.8) is 0 Å². The van der Waals surface area contributed by atoms with Gasteiger partial charge in [0.2, 0.25) is 11.8 Å². The molecule has 5 heteroatoms. The number of carbonyl (C=O) groups is 2. The van der Waals surface area contributed by atoms with E-state index < -0.39 is 0 Å². The number of fused-ring (bicyclic) bond motifs is 1. The fourth-order valence-electron chi connectivity index (χ4n) is 4.51. The summed E-state index contributed by atoms with van der Waals surface area (Å²) in [6.45, 7) is 7.94. The fourth-order valence-corrected chi connectivity index (χ4v) is 4.51. The first-order valence-electron chi connectivity index (χ1n) is 9.67. The van der Waals surface area contributed by atoms with Gasteiger partial charge in [0.1, 0.15) is 5.82 Å². The molecular formula is C21H29FN2O2. The molecule has 0 radical (unpaired) electrons. The number of halogens is 1. The molecule has 3 atom stereocenters. The zero-order valence-corrected chi connectivity index (χ0v) is 16.0. The highest BCUT2D eigenvalue weighted by Crippen LogP contribution is 2.45. The molecule has 0 N–H and O–H groups in total. The predicted octanol–water partition coefficient (Wildman–Crippen LogP) is 3.63. The Morgan fingerprint density at radius 1 is 1.23 bits per heavy atom. The van der Waals surface area contributed by atoms with Gasteiger partial charge in [-0.25, -0.2) is 4.39 Å². The van der Waals surface area contributed by atoms with Crippen LogP contribution >= 0.6 is 0 Å². The van der Waals surface area contributed by atoms with Gasteiger partial charge in [0.05, 0.1) is 6.04 Å². The summed E-state index contributed by atoms with van der Waals surface area (Å²) in [5, 5.41) is 0. The lowest BCUT2D eigenvalue weighted by Gasteiger charge is -2.29. The normalized spacial score (nSPS) is 25.0. The number of hydrogen-bond acceptors (Lipinski definition) is 2. The molecule has 26 heavy (non-hydrogen) atoms. The number of nitrogens with zero attached hydrogens (tertiary/aromatic N) is 2. The van der Waals surface area contributed by atoms with Gasteiger partial charge in [0.25, 0.3) is 0 Å². The molecule has 0 bridgehead atoms. The van der Waals surface area contributed by atoms with Crippen LogP contribution in [0.25, 0.3) is 0 Å². The standard InChI is InChI=1S/C21H29FN2O2/c1-14(2)6-4-9-20(26)23-11-17-12-24(15(3)25)21(19(17)13-23)16-7-5-8-18(22)10-16/h5,7-8,10,14,17,19,21H,4,6,9,11-13H2,1-3H3/t17-,19-,21+/m1/s1. The third kappa shape index (κ3) is 3.92. The molecule has 4 nitrogen and oxygen atoms in total. The van der Waals surface area contributed by atoms with Crippen molar-refractivity contribution in [3.05, 3.63) is 35.6 Å². The minimum absolute atomic E-state index is 0.0171. The van der Waals surface area contributed by atoms with Crippen molar-refractivity contribution in [1.29, 1.82) is 0 Å². The summed E-state index contributed by atoms with van der Waals surface area (Å²) in [6.07, 6.45) is 2.59. The lowest BCUT2D eigenvalue weighted by atomic mass is 9.89. The topological polar surface area (TPSA) is 40.6 Å². The molecule has 2 amide bonds. The van der Waals surface area contributed by atoms with Crippen molar-refractivity contribution in [2.45, 2.75) is 46.1 Å². The highest BCUT2D eigenvalue weighted by atomic mass is 19.1. The van der Waals surface area contributed by atoms with Crippen LogP contribution in [0.15, 0.2) is 24.3 Å². The van der Waals surface area contributed by atoms with Gasteiger partial charge in [0, 0.05) is 44.8 Å². The van der Waals surface area contributed by atoms with Crippen LogP contribution < -0.4 is 0 Å². The molecule has 1 aromatic rings. The molecule has 0 spiro atoms. The Bertz CT molecular complexity index is 676. The molecule has 2 aliphatic rings. The maximum Gasteiger partial charge on any atom is 0.222 e. The van der Waals surface area contributed by atoms with Crippen molar-refractivity contribution >= 4 is 11.8 Å². The minimum atomic E-state index is -0.283. The van der Waals surface area contributed by atoms with Gasteiger partial charge in [-0.05, 0) is 30.0 Å². The molecule has 2 aliphatic heterocycles. The van der Waals surface area contributed by atoms with E-state index in [2.05, 4.69) is 13.8 Å². The van der Waals surface area contributed by atoms with Crippen LogP contribution in [0.1, 0.15) is 51.6 Å². The Kier molecular flexibility index (Phi) is 5.64. The number of amides is 2. The van der Waals surface area contributed by atoms with Crippen LogP contribution in [-0.4, -0.2) is 41.2 Å². The smallest absolute Gasteiger partial charge is 0.222 e. The van der Waals surface area contributed by atoms with Gasteiger partial charge in [-0.15, -0.1) is 0 Å². The molecule has 1 aromatic carbocycles. The fraction of sp³-hybridized carbons (Fsp3) is 0.619. The van der Waals surface area contributed by atoms with E-state index in [1.807, 2.05) is 15.9 Å². The number of likely N-dealkylation sites (tertiary alicyclic amines) is 2. The van der Waals surface area contributed by atoms with Gasteiger partial charge in [-0.1, -0.05) is 32.4 Å². The van der Waals surface area contributed by atoms with Crippen LogP contribution in [0.3, 0.4) is 0 Å². The highest BCUT2D eigenvalue weighted by Gasteiger charge is 2.49. The third-order valence-electron chi connectivity index (χ3n) is 5.78. The summed E-state index contributed by atoms with van der Waals surface area (Å²) in [4.78, 5) is 28.5. The minimum Gasteiger partial charge on any atom is -0.342 e. The molecule has 2 saturated heterocycles. The summed E-state index contributed by atoms with van der Waals surface area (Å²) in [5.74, 6) is 1.03. The first-order valence-corrected chi connectivity index (χ1v) is 9.67. The molecule has 2 fully saturated rings. The van der Waals surface area contributed by atoms with Crippen LogP contribution in [-0.2, 0) is 9.59 Å². The molecular weight excluding hydrogens is 331 g/mol. The van der Waals surface area contributed by atoms with E-state index in [9.17, 15) is 14.0 Å². The second kappa shape index (κ2) is 7.77. The van der Waals surface area contributed by atoms with E-state index in [0.717, 1.165) is 18.4 Å². The summed E-state index contributed by atoms with van der Waals surface area (Å²) in [7, 11) is 0. The summed E-state index contributed by atoms with van der Waals surface area (Å²) in [5.41, 5.74) is 0.835. The van der Waals surface area contributed by atoms with Gasteiger partial charge in [-0.3, -0.25) is 9.59 Å². The average Bonchev–Trinajstić information content (AvgIpc) is 3.11. The van der Waals surface area contributed by atoms with E-state index in [0.29, 0.717) is 32.0 Å². The predicted molar refractivity (Wildman–Crippen MR) is 98.8 cm³/mol. The van der Waals surface area contributed by atoms with Crippen molar-refractivity contribution < 1.29 is 14.0 Å². The maximum absolute atomic E-state index is 13.7. The van der Waals surface area contributed by atoms with Crippen molar-refractivity contribution in [2.75, 3.05) is 19.6 Å². The third-order valence-corrected chi connectivity index (χ3v) is 5.78. The zero-order chi connectivity index (χ0) is 18.8. The Morgan fingerprint density at radius 2 is 2.00 bits per heavy atom. The van der Waals surface area contributed by atoms with Gasteiger partial charge in [-0.2, -0.15) is 0 Å². The number of hydrogen-bond donors (Lipinski definition) is 0. The van der Waals surface area contributed by atoms with Crippen molar-refractivity contribution in [2.24, 2.45) is 17.8 Å². The zero-order valence-electron chi connectivity index (χ0n) is 16.0. The summed E-state index contributed by atoms with van der Waals surface area (Å²) >= 11 is 0. The van der Waals surface area contributed by atoms with Crippen LogP contribution in [0.2, 0.25) is 0 Å². The van der Waals surface area contributed by atoms with E-state index in [1.54, 1.807) is 13.0 Å². The Labute approximate surface area is 155 Å². The molecule has 0 saturated carbocycles. The van der Waals surface area contributed by atoms with E-state index in [-0.39, 0.29) is 35.5 Å².